The van der Waals surface area contributed by atoms with Gasteiger partial charge in [0.25, 0.3) is 0 Å². The van der Waals surface area contributed by atoms with Crippen molar-refractivity contribution in [3.63, 3.8) is 0 Å². The van der Waals surface area contributed by atoms with Crippen LogP contribution in [0, 0.1) is 94.7 Å². The summed E-state index contributed by atoms with van der Waals surface area (Å²) in [5, 5.41) is 0. The van der Waals surface area contributed by atoms with Gasteiger partial charge in [-0.05, 0) is 140 Å². The quantitative estimate of drug-likeness (QED) is 0.0558. The van der Waals surface area contributed by atoms with Gasteiger partial charge < -0.3 is 0 Å². The Morgan fingerprint density at radius 3 is 1.02 bits per heavy atom. The molecule has 0 N–H and O–H groups in total. The average Bonchev–Trinajstić information content (AvgIpc) is 3.21. The van der Waals surface area contributed by atoms with Crippen LogP contribution < -0.4 is 0 Å². The Bertz CT molecular complexity index is 903. The molecule has 0 aromatic carbocycles. The predicted octanol–water partition coefficient (Wildman–Crippen LogP) is 21.0. The first-order valence-electron chi connectivity index (χ1n) is 28.8. The van der Waals surface area contributed by atoms with E-state index in [4.69, 9.17) is 10.6 Å². The summed E-state index contributed by atoms with van der Waals surface area (Å²) in [6, 6.07) is 0. The van der Waals surface area contributed by atoms with Crippen molar-refractivity contribution in [2.45, 2.75) is 287 Å². The molecule has 0 aromatic rings. The second-order valence-electron chi connectivity index (χ2n) is 23.8. The molecule has 0 amide bonds. The van der Waals surface area contributed by atoms with E-state index < -0.39 is 0 Å². The topological polar surface area (TPSA) is 0 Å². The molecule has 1 heteroatoms. The summed E-state index contributed by atoms with van der Waals surface area (Å²) >= 11 is 0. The fourth-order valence-corrected chi connectivity index (χ4v) is 10.0. The maximum absolute atomic E-state index is 7.72. The van der Waals surface area contributed by atoms with Gasteiger partial charge in [-0.3, -0.25) is 0 Å². The van der Waals surface area contributed by atoms with E-state index in [-0.39, 0.29) is 0 Å². The summed E-state index contributed by atoms with van der Waals surface area (Å²) in [4.78, 5) is 0. The maximum Gasteiger partial charge on any atom is 0.0656 e. The lowest BCUT2D eigenvalue weighted by Gasteiger charge is -2.28. The standard InChI is InChI=1S/C21H43B.2C19H40/c1-8-17(5)13-18(6)14-19(7)21(15-22)11-10-20(9-2)12-16(3)4;2*1-8-16(4)14-19(7)12-10-17(5)9-11-18(6)13-15(2)3/h16-21H,8-15H2,1-7H3;2*15-19H,8-14H2,1-7H3/i;6D,7D;. The van der Waals surface area contributed by atoms with Crippen LogP contribution in [0.2, 0.25) is 6.32 Å². The minimum atomic E-state index is 0.592. The Balaban J connectivity index is -0.000000845. The molecule has 0 bridgehead atoms. The van der Waals surface area contributed by atoms with Crippen LogP contribution in [0.4, 0.5) is 0 Å². The molecule has 2 radical (unpaired) electrons. The number of rotatable bonds is 35. The van der Waals surface area contributed by atoms with Crippen LogP contribution in [0.15, 0.2) is 0 Å². The molecule has 0 heterocycles. The van der Waals surface area contributed by atoms with E-state index in [9.17, 15) is 0 Å². The first-order chi connectivity index (χ1) is 29.1. The van der Waals surface area contributed by atoms with E-state index in [1.54, 1.807) is 0 Å². The highest BCUT2D eigenvalue weighted by Crippen LogP contribution is 2.33. The van der Waals surface area contributed by atoms with Gasteiger partial charge in [-0.2, -0.15) is 0 Å². The number of hydrogen-bond donors (Lipinski definition) is 0. The average molecular weight is 845 g/mol. The third-order valence-electron chi connectivity index (χ3n) is 14.8. The zero-order valence-corrected chi connectivity index (χ0v) is 45.8. The van der Waals surface area contributed by atoms with E-state index in [0.717, 1.165) is 89.2 Å². The van der Waals surface area contributed by atoms with Crippen molar-refractivity contribution >= 4 is 7.85 Å². The van der Waals surface area contributed by atoms with Gasteiger partial charge in [-0.25, -0.2) is 0 Å². The van der Waals surface area contributed by atoms with Crippen LogP contribution in [0.1, 0.15) is 283 Å². The number of hydrogen-bond acceptors (Lipinski definition) is 0. The molecule has 0 saturated carbocycles. The van der Waals surface area contributed by atoms with E-state index in [1.165, 1.54) is 135 Å². The zero-order valence-electron chi connectivity index (χ0n) is 47.8. The lowest BCUT2D eigenvalue weighted by atomic mass is 9.74. The molecule has 0 aliphatic rings. The highest BCUT2D eigenvalue weighted by Gasteiger charge is 2.21. The zero-order chi connectivity index (χ0) is 48.2. The molecule has 0 fully saturated rings. The molecule has 0 aromatic heterocycles. The second kappa shape index (κ2) is 40.6. The molecule has 0 rings (SSSR count). The second-order valence-corrected chi connectivity index (χ2v) is 23.8. The SMILES string of the molecule is CCC(C)CC(C)CCC(C)CCC(C)CC(C)C.[2H]CC(CCC(C)CCC(C[2H])CC(C)CC)CC(C)C.[B]CC(CCC(CC)CC(C)C)C(C)CC(C)CC(C)CC. The first-order valence-corrected chi connectivity index (χ1v) is 27.4. The van der Waals surface area contributed by atoms with Crippen LogP contribution in [0.3, 0.4) is 0 Å². The van der Waals surface area contributed by atoms with Gasteiger partial charge in [-0.1, -0.05) is 242 Å². The van der Waals surface area contributed by atoms with Crippen molar-refractivity contribution < 1.29 is 2.74 Å². The lowest BCUT2D eigenvalue weighted by Crippen LogP contribution is -2.17. The maximum atomic E-state index is 7.72. The Kier molecular flexibility index (Phi) is 40.6. The van der Waals surface area contributed by atoms with Crippen LogP contribution in [-0.4, -0.2) is 7.85 Å². The largest absolute Gasteiger partial charge is 0.0857 e. The first kappa shape index (κ1) is 60.1. The third-order valence-corrected chi connectivity index (χ3v) is 14.8. The van der Waals surface area contributed by atoms with E-state index in [1.807, 2.05) is 0 Å². The molecule has 0 aliphatic carbocycles. The van der Waals surface area contributed by atoms with Gasteiger partial charge in [-0.15, -0.1) is 0 Å². The lowest BCUT2D eigenvalue weighted by molar-refractivity contribution is 0.251. The van der Waals surface area contributed by atoms with Crippen molar-refractivity contribution in [2.75, 3.05) is 0 Å². The van der Waals surface area contributed by atoms with Crippen molar-refractivity contribution in [1.29, 1.82) is 0 Å². The monoisotopic (exact) mass is 845 g/mol. The van der Waals surface area contributed by atoms with Gasteiger partial charge >= 0.3 is 0 Å². The molecule has 0 aliphatic heterocycles. The van der Waals surface area contributed by atoms with Crippen LogP contribution >= 0.6 is 0 Å². The smallest absolute Gasteiger partial charge is 0.0656 e. The Labute approximate surface area is 390 Å². The highest BCUT2D eigenvalue weighted by molar-refractivity contribution is 6.08. The fourth-order valence-electron chi connectivity index (χ4n) is 10.0. The fraction of sp³-hybridized carbons (Fsp3) is 1.00. The summed E-state index contributed by atoms with van der Waals surface area (Å²) in [7, 11) is 6.11. The van der Waals surface area contributed by atoms with Gasteiger partial charge in [0.1, 0.15) is 0 Å². The summed E-state index contributed by atoms with van der Waals surface area (Å²) in [6.45, 7) is 46.0. The van der Waals surface area contributed by atoms with E-state index in [2.05, 4.69) is 132 Å². The van der Waals surface area contributed by atoms with Crippen molar-refractivity contribution in [3.8, 4) is 0 Å². The van der Waals surface area contributed by atoms with Gasteiger partial charge in [0, 0.05) is 2.74 Å². The van der Waals surface area contributed by atoms with Crippen molar-refractivity contribution in [3.05, 3.63) is 0 Å². The Hall–Kier alpha value is 0.0649. The summed E-state index contributed by atoms with van der Waals surface area (Å²) < 4.78 is 15.4. The van der Waals surface area contributed by atoms with Crippen molar-refractivity contribution in [1.82, 2.24) is 0 Å². The minimum absolute atomic E-state index is 0.592. The molecule has 0 saturated heterocycles. The molecule has 13 unspecified atom stereocenters. The summed E-state index contributed by atoms with van der Waals surface area (Å²) in [5.74, 6) is 12.9. The summed E-state index contributed by atoms with van der Waals surface area (Å²) in [5.41, 5.74) is 0. The summed E-state index contributed by atoms with van der Waals surface area (Å²) in [6.07, 6.45) is 28.9. The molecule has 0 nitrogen and oxygen atoms in total. The highest BCUT2D eigenvalue weighted by atomic mass is 14.3. The van der Waals surface area contributed by atoms with Crippen molar-refractivity contribution in [2.24, 2.45) is 94.7 Å². The molecular weight excluding hydrogens is 719 g/mol. The Morgan fingerprint density at radius 1 is 0.317 bits per heavy atom. The Morgan fingerprint density at radius 2 is 0.650 bits per heavy atom. The van der Waals surface area contributed by atoms with Gasteiger partial charge in [0.2, 0.25) is 0 Å². The molecular formula is C59H123B. The van der Waals surface area contributed by atoms with Gasteiger partial charge in [0.05, 0.1) is 7.85 Å². The third kappa shape index (κ3) is 42.0. The molecule has 0 spiro atoms. The molecule has 13 atom stereocenters. The van der Waals surface area contributed by atoms with E-state index in [0.29, 0.717) is 25.6 Å². The normalized spacial score (nSPS) is 19.0. The van der Waals surface area contributed by atoms with Gasteiger partial charge in [0.15, 0.2) is 0 Å². The van der Waals surface area contributed by atoms with Crippen LogP contribution in [0.5, 0.6) is 0 Å². The van der Waals surface area contributed by atoms with Crippen LogP contribution in [-0.2, 0) is 0 Å². The van der Waals surface area contributed by atoms with E-state index >= 15 is 0 Å². The van der Waals surface area contributed by atoms with Crippen LogP contribution in [0.25, 0.3) is 0 Å². The molecule has 60 heavy (non-hydrogen) atoms. The molecule has 362 valence electrons. The minimum Gasteiger partial charge on any atom is -0.0857 e. The predicted molar refractivity (Wildman–Crippen MR) is 283 cm³/mol.